The van der Waals surface area contributed by atoms with E-state index in [2.05, 4.69) is 27.0 Å². The summed E-state index contributed by atoms with van der Waals surface area (Å²) in [6.07, 6.45) is 3.08. The molecule has 220 valence electrons. The van der Waals surface area contributed by atoms with Crippen LogP contribution < -0.4 is 16.3 Å². The largest absolute Gasteiger partial charge is 0.465 e. The average Bonchev–Trinajstić information content (AvgIpc) is 3.26. The van der Waals surface area contributed by atoms with Gasteiger partial charge in [0.15, 0.2) is 0 Å². The number of aromatic nitrogens is 2. The van der Waals surface area contributed by atoms with Gasteiger partial charge in [-0.05, 0) is 25.8 Å². The van der Waals surface area contributed by atoms with Crippen molar-refractivity contribution in [3.05, 3.63) is 43.0 Å². The molecular formula is C21H32Cl3N6O8P. The molecule has 0 spiro atoms. The minimum atomic E-state index is -4.32. The summed E-state index contributed by atoms with van der Waals surface area (Å²) in [5, 5.41) is 6.14. The Balaban J connectivity index is 2.13. The van der Waals surface area contributed by atoms with Gasteiger partial charge in [-0.3, -0.25) is 28.2 Å². The number of nitrogens with one attached hydrogen (secondary N) is 2. The molecule has 1 saturated heterocycles. The summed E-state index contributed by atoms with van der Waals surface area (Å²) < 4.78 is 34.5. The third-order valence-electron chi connectivity index (χ3n) is 5.61. The molecular weight excluding hydrogens is 602 g/mol. The summed E-state index contributed by atoms with van der Waals surface area (Å²) >= 11 is 17.2. The molecule has 1 fully saturated rings. The molecule has 0 aliphatic carbocycles. The van der Waals surface area contributed by atoms with Crippen molar-refractivity contribution in [2.45, 2.75) is 81.1 Å². The van der Waals surface area contributed by atoms with Crippen LogP contribution in [-0.2, 0) is 27.9 Å². The van der Waals surface area contributed by atoms with Crippen molar-refractivity contribution in [2.24, 2.45) is 5.11 Å². The molecule has 0 amide bonds. The van der Waals surface area contributed by atoms with Crippen LogP contribution in [0, 0.1) is 6.92 Å². The van der Waals surface area contributed by atoms with Crippen LogP contribution in [0.3, 0.4) is 0 Å². The van der Waals surface area contributed by atoms with Gasteiger partial charge in [0.25, 0.3) is 5.56 Å². The maximum atomic E-state index is 13.5. The highest BCUT2D eigenvalue weighted by atomic mass is 35.6. The summed E-state index contributed by atoms with van der Waals surface area (Å²) in [6, 6.07) is -1.96. The fraction of sp³-hybridized carbons (Fsp3) is 0.762. The Kier molecular flexibility index (Phi) is 13.3. The molecule has 2 rings (SSSR count). The number of unbranched alkanes of at least 4 members (excludes halogenated alkanes) is 3. The van der Waals surface area contributed by atoms with Crippen LogP contribution in [0.5, 0.6) is 0 Å². The zero-order chi connectivity index (χ0) is 29.2. The summed E-state index contributed by atoms with van der Waals surface area (Å²) in [6.45, 7) is 4.05. The number of ether oxygens (including phenoxy) is 2. The summed E-state index contributed by atoms with van der Waals surface area (Å²) in [4.78, 5) is 41.4. The van der Waals surface area contributed by atoms with Gasteiger partial charge in [0.2, 0.25) is 3.79 Å². The second-order valence-corrected chi connectivity index (χ2v) is 13.2. The van der Waals surface area contributed by atoms with E-state index < -0.39 is 66.4 Å². The van der Waals surface area contributed by atoms with E-state index in [0.29, 0.717) is 6.42 Å². The minimum Gasteiger partial charge on any atom is -0.465 e. The Morgan fingerprint density at radius 2 is 2.08 bits per heavy atom. The Bertz CT molecular complexity index is 1190. The molecule has 18 heteroatoms. The molecule has 2 N–H and O–H groups in total. The lowest BCUT2D eigenvalue weighted by molar-refractivity contribution is -0.145. The molecule has 14 nitrogen and oxygen atoms in total. The SMILES string of the molecule is CCCCCCOC(=O)[C@H](C)NP(=O)(OC[C@H]1O[C@@H](n2cc(C)c(=O)[nH]c2=O)C[C@@H]1N=[N+]=[N-])OCC(Cl)(Cl)Cl. The zero-order valence-corrected chi connectivity index (χ0v) is 24.8. The van der Waals surface area contributed by atoms with Crippen molar-refractivity contribution in [1.29, 1.82) is 0 Å². The van der Waals surface area contributed by atoms with Gasteiger partial charge >= 0.3 is 19.4 Å². The Morgan fingerprint density at radius 3 is 2.72 bits per heavy atom. The summed E-state index contributed by atoms with van der Waals surface area (Å²) in [7, 11) is -4.32. The van der Waals surface area contributed by atoms with E-state index in [1.54, 1.807) is 0 Å². The van der Waals surface area contributed by atoms with Gasteiger partial charge < -0.3 is 9.47 Å². The van der Waals surface area contributed by atoms with Gasteiger partial charge in [-0.15, -0.1) is 0 Å². The fourth-order valence-corrected chi connectivity index (χ4v) is 5.48. The van der Waals surface area contributed by atoms with Gasteiger partial charge in [0.05, 0.1) is 25.4 Å². The highest BCUT2D eigenvalue weighted by molar-refractivity contribution is 7.51. The smallest absolute Gasteiger partial charge is 0.406 e. The number of hydrogen-bond donors (Lipinski definition) is 2. The van der Waals surface area contributed by atoms with Crippen LogP contribution >= 0.6 is 42.5 Å². The van der Waals surface area contributed by atoms with Crippen molar-refractivity contribution >= 4 is 48.5 Å². The highest BCUT2D eigenvalue weighted by Gasteiger charge is 2.40. The predicted molar refractivity (Wildman–Crippen MR) is 145 cm³/mol. The van der Waals surface area contributed by atoms with Crippen molar-refractivity contribution in [3.63, 3.8) is 0 Å². The number of hydrogen-bond acceptors (Lipinski definition) is 9. The number of aromatic amines is 1. The van der Waals surface area contributed by atoms with Gasteiger partial charge in [-0.25, -0.2) is 14.4 Å². The third-order valence-corrected chi connectivity index (χ3v) is 7.60. The number of nitrogens with zero attached hydrogens (tertiary/aromatic N) is 4. The number of halogens is 3. The Hall–Kier alpha value is -1.60. The first-order chi connectivity index (χ1) is 18.3. The second-order valence-electron chi connectivity index (χ2n) is 8.88. The molecule has 1 aromatic heterocycles. The number of esters is 1. The lowest BCUT2D eigenvalue weighted by Gasteiger charge is -2.25. The van der Waals surface area contributed by atoms with Crippen LogP contribution in [0.1, 0.15) is 57.7 Å². The van der Waals surface area contributed by atoms with E-state index in [9.17, 15) is 18.9 Å². The maximum Gasteiger partial charge on any atom is 0.406 e. The first-order valence-corrected chi connectivity index (χ1v) is 14.9. The number of H-pyrrole nitrogens is 1. The molecule has 1 aromatic rings. The zero-order valence-electron chi connectivity index (χ0n) is 21.7. The van der Waals surface area contributed by atoms with E-state index in [0.717, 1.165) is 23.8 Å². The van der Waals surface area contributed by atoms with Crippen LogP contribution in [-0.4, -0.2) is 57.3 Å². The maximum absolute atomic E-state index is 13.5. The van der Waals surface area contributed by atoms with Gasteiger partial charge in [0, 0.05) is 23.1 Å². The average molecular weight is 634 g/mol. The van der Waals surface area contributed by atoms with E-state index in [-0.39, 0.29) is 18.6 Å². The first-order valence-electron chi connectivity index (χ1n) is 12.2. The molecule has 0 bridgehead atoms. The number of carbonyl (C=O) groups excluding carboxylic acids is 1. The highest BCUT2D eigenvalue weighted by Crippen LogP contribution is 2.47. The number of aryl methyl sites for hydroxylation is 1. The van der Waals surface area contributed by atoms with E-state index in [1.807, 2.05) is 0 Å². The monoisotopic (exact) mass is 632 g/mol. The topological polar surface area (TPSA) is 187 Å². The Morgan fingerprint density at radius 1 is 1.36 bits per heavy atom. The molecule has 0 saturated carbocycles. The van der Waals surface area contributed by atoms with Gasteiger partial charge in [0.1, 0.15) is 18.9 Å². The van der Waals surface area contributed by atoms with Gasteiger partial charge in [-0.2, -0.15) is 0 Å². The van der Waals surface area contributed by atoms with Crippen LogP contribution in [0.4, 0.5) is 0 Å². The normalized spacial score (nSPS) is 21.6. The van der Waals surface area contributed by atoms with E-state index >= 15 is 0 Å². The van der Waals surface area contributed by atoms with Crippen LogP contribution in [0.25, 0.3) is 10.4 Å². The quantitative estimate of drug-likeness (QED) is 0.0536. The first kappa shape index (κ1) is 33.6. The summed E-state index contributed by atoms with van der Waals surface area (Å²) in [5.74, 6) is -0.690. The lowest BCUT2D eigenvalue weighted by Crippen LogP contribution is -2.36. The fourth-order valence-electron chi connectivity index (χ4n) is 3.58. The molecule has 1 aliphatic rings. The molecule has 5 atom stereocenters. The van der Waals surface area contributed by atoms with E-state index in [1.165, 1.54) is 20.0 Å². The molecule has 1 unspecified atom stereocenters. The van der Waals surface area contributed by atoms with Crippen molar-refractivity contribution in [3.8, 4) is 0 Å². The van der Waals surface area contributed by atoms with Crippen LogP contribution in [0.15, 0.2) is 20.9 Å². The van der Waals surface area contributed by atoms with Crippen molar-refractivity contribution in [2.75, 3.05) is 19.8 Å². The number of carbonyl (C=O) groups is 1. The van der Waals surface area contributed by atoms with E-state index in [4.69, 9.17) is 58.9 Å². The molecule has 0 radical (unpaired) electrons. The van der Waals surface area contributed by atoms with Crippen molar-refractivity contribution < 1.29 is 27.9 Å². The van der Waals surface area contributed by atoms with Crippen LogP contribution in [0.2, 0.25) is 0 Å². The lowest BCUT2D eigenvalue weighted by atomic mass is 10.1. The number of azide groups is 1. The van der Waals surface area contributed by atoms with Crippen molar-refractivity contribution in [1.82, 2.24) is 14.6 Å². The summed E-state index contributed by atoms with van der Waals surface area (Å²) in [5.41, 5.74) is 7.98. The molecule has 39 heavy (non-hydrogen) atoms. The molecule has 2 heterocycles. The minimum absolute atomic E-state index is 0.0526. The van der Waals surface area contributed by atoms with Gasteiger partial charge in [-0.1, -0.05) is 66.1 Å². The Labute approximate surface area is 239 Å². The second kappa shape index (κ2) is 15.4. The molecule has 1 aliphatic heterocycles. The molecule has 0 aromatic carbocycles. The third kappa shape index (κ3) is 11.1. The predicted octanol–water partition coefficient (Wildman–Crippen LogP) is 4.42. The standard InChI is InChI=1S/C21H32Cl3N6O8P/c1-4-5-6-7-8-35-19(32)14(3)28-39(34,37-12-21(22,23)24)36-11-16-15(27-29-25)9-17(38-16)30-10-13(2)18(31)26-20(30)33/h10,14-17H,4-9,11-12H2,1-3H3,(H,28,34)(H,26,31,33)/t14-,15-,16+,17+,39?/m0/s1. The number of rotatable bonds is 15. The number of alkyl halides is 3.